The Morgan fingerprint density at radius 1 is 0.333 bits per heavy atom. The minimum absolute atomic E-state index is 0.0709. The Morgan fingerprint density at radius 2 is 0.636 bits per heavy atom. The van der Waals surface area contributed by atoms with E-state index in [-0.39, 0.29) is 43.0 Å². The molecule has 66 heavy (non-hydrogen) atoms. The van der Waals surface area contributed by atoms with Crippen molar-refractivity contribution in [2.45, 2.75) is 310 Å². The average molecular weight is 937 g/mol. The lowest BCUT2D eigenvalue weighted by molar-refractivity contribution is -0.169. The number of unbranched alkanes of at least 4 members (excludes halogenated alkanes) is 27. The zero-order valence-corrected chi connectivity index (χ0v) is 43.4. The predicted molar refractivity (Wildman–Crippen MR) is 270 cm³/mol. The van der Waals surface area contributed by atoms with Crippen molar-refractivity contribution in [2.75, 3.05) is 6.61 Å². The molecule has 0 bridgehead atoms. The Balaban J connectivity index is 4.07. The third-order valence-corrected chi connectivity index (χ3v) is 13.6. The Kier molecular flexibility index (Phi) is 45.5. The van der Waals surface area contributed by atoms with Crippen molar-refractivity contribution in [1.29, 1.82) is 0 Å². The molecule has 0 rings (SSSR count). The van der Waals surface area contributed by atoms with E-state index in [1.165, 1.54) is 116 Å². The van der Waals surface area contributed by atoms with Gasteiger partial charge in [-0.15, -0.1) is 0 Å². The minimum Gasteiger partial charge on any atom is -0.481 e. The van der Waals surface area contributed by atoms with Crippen LogP contribution >= 0.6 is 0 Å². The first-order chi connectivity index (χ1) is 32.1. The molecule has 0 heterocycles. The number of ether oxygens (including phenoxy) is 3. The lowest BCUT2D eigenvalue weighted by atomic mass is 9.78. The van der Waals surface area contributed by atoms with Gasteiger partial charge >= 0.3 is 29.8 Å². The summed E-state index contributed by atoms with van der Waals surface area (Å²) < 4.78 is 17.2. The summed E-state index contributed by atoms with van der Waals surface area (Å²) in [5.74, 6) is -1.43. The lowest BCUT2D eigenvalue weighted by Gasteiger charge is -2.27. The van der Waals surface area contributed by atoms with Crippen LogP contribution < -0.4 is 0 Å². The fraction of sp³-hybridized carbons (Fsp3) is 0.911. The van der Waals surface area contributed by atoms with Gasteiger partial charge in [0.1, 0.15) is 12.2 Å². The Labute approximate surface area is 405 Å². The van der Waals surface area contributed by atoms with E-state index >= 15 is 0 Å². The number of hydrogen-bond acceptors (Lipinski definition) is 8. The van der Waals surface area contributed by atoms with Gasteiger partial charge in [0.15, 0.2) is 0 Å². The average Bonchev–Trinajstić information content (AvgIpc) is 3.30. The zero-order valence-electron chi connectivity index (χ0n) is 43.4. The Hall–Kier alpha value is -2.65. The summed E-state index contributed by atoms with van der Waals surface area (Å²) in [5.41, 5.74) is 0. The van der Waals surface area contributed by atoms with Crippen LogP contribution in [-0.4, -0.2) is 58.9 Å². The third kappa shape index (κ3) is 41.5. The summed E-state index contributed by atoms with van der Waals surface area (Å²) in [6.07, 6.45) is 41.1. The minimum atomic E-state index is -0.755. The molecule has 2 N–H and O–H groups in total. The van der Waals surface area contributed by atoms with Gasteiger partial charge in [-0.2, -0.15) is 0 Å². The van der Waals surface area contributed by atoms with E-state index < -0.39 is 11.9 Å². The first-order valence-electron chi connectivity index (χ1n) is 28.1. The molecule has 0 spiro atoms. The molecular formula is C56H104O10. The maximum absolute atomic E-state index is 12.3. The number of carbonyl (C=O) groups excluding carboxylic acids is 3. The lowest BCUT2D eigenvalue weighted by Crippen LogP contribution is -2.35. The highest BCUT2D eigenvalue weighted by atomic mass is 16.6. The predicted octanol–water partition coefficient (Wildman–Crippen LogP) is 16.2. The van der Waals surface area contributed by atoms with Crippen LogP contribution in [0.3, 0.4) is 0 Å². The number of carbonyl (C=O) groups is 5. The molecule has 0 aliphatic carbocycles. The van der Waals surface area contributed by atoms with E-state index in [2.05, 4.69) is 13.8 Å². The van der Waals surface area contributed by atoms with Crippen LogP contribution in [0.25, 0.3) is 0 Å². The highest BCUT2D eigenvalue weighted by Gasteiger charge is 2.28. The fourth-order valence-corrected chi connectivity index (χ4v) is 9.34. The summed E-state index contributed by atoms with van der Waals surface area (Å²) >= 11 is 0. The molecule has 0 saturated carbocycles. The Morgan fingerprint density at radius 3 is 0.970 bits per heavy atom. The van der Waals surface area contributed by atoms with E-state index in [0.29, 0.717) is 50.5 Å². The molecule has 0 fully saturated rings. The van der Waals surface area contributed by atoms with Crippen LogP contribution in [0.2, 0.25) is 0 Å². The number of carboxylic acid groups (broad SMARTS) is 2. The second-order valence-corrected chi connectivity index (χ2v) is 19.5. The molecule has 0 radical (unpaired) electrons. The zero-order chi connectivity index (χ0) is 48.7. The van der Waals surface area contributed by atoms with Gasteiger partial charge in [0.25, 0.3) is 0 Å². The van der Waals surface area contributed by atoms with Gasteiger partial charge in [-0.3, -0.25) is 24.0 Å². The molecule has 4 unspecified atom stereocenters. The smallest absolute Gasteiger partial charge is 0.305 e. The standard InChI is InChI=1S/C56H104O10/c1-5-9-11-13-26-32-38-48(43-45-52(57)58)49(44-46-53(59)60)39-33-27-22-18-15-16-21-25-31-37-47-64-56(63)42-36-30-24-20-17-19-23-29-35-41-51(66-55(62)8-4)50(65-54(61)7-3)40-34-28-14-12-10-6-2/h48-51H,5-47H2,1-4H3,(H,57,58)(H,59,60). The summed E-state index contributed by atoms with van der Waals surface area (Å²) in [6.45, 7) is 8.56. The normalized spacial score (nSPS) is 13.2. The fourth-order valence-electron chi connectivity index (χ4n) is 9.34. The Bertz CT molecular complexity index is 1160. The van der Waals surface area contributed by atoms with Gasteiger partial charge in [-0.25, -0.2) is 0 Å². The molecule has 4 atom stereocenters. The van der Waals surface area contributed by atoms with Crippen LogP contribution in [0.5, 0.6) is 0 Å². The summed E-state index contributed by atoms with van der Waals surface area (Å²) in [7, 11) is 0. The van der Waals surface area contributed by atoms with Crippen molar-refractivity contribution >= 4 is 29.8 Å². The van der Waals surface area contributed by atoms with E-state index in [4.69, 9.17) is 14.2 Å². The third-order valence-electron chi connectivity index (χ3n) is 13.6. The van der Waals surface area contributed by atoms with Crippen molar-refractivity contribution in [3.8, 4) is 0 Å². The van der Waals surface area contributed by atoms with Crippen molar-refractivity contribution in [1.82, 2.24) is 0 Å². The number of esters is 3. The van der Waals surface area contributed by atoms with E-state index in [1.807, 2.05) is 0 Å². The van der Waals surface area contributed by atoms with Crippen LogP contribution in [-0.2, 0) is 38.2 Å². The molecule has 0 aliphatic heterocycles. The maximum atomic E-state index is 12.3. The molecule has 10 nitrogen and oxygen atoms in total. The molecule has 388 valence electrons. The quantitative estimate of drug-likeness (QED) is 0.0342. The van der Waals surface area contributed by atoms with Crippen molar-refractivity contribution in [2.24, 2.45) is 11.8 Å². The number of aliphatic carboxylic acids is 2. The van der Waals surface area contributed by atoms with Gasteiger partial charge in [0, 0.05) is 32.1 Å². The first kappa shape index (κ1) is 63.4. The van der Waals surface area contributed by atoms with Crippen molar-refractivity contribution < 1.29 is 48.4 Å². The molecule has 0 aromatic rings. The van der Waals surface area contributed by atoms with Gasteiger partial charge in [0.2, 0.25) is 0 Å². The number of hydrogen-bond donors (Lipinski definition) is 2. The number of rotatable bonds is 51. The van der Waals surface area contributed by atoms with Crippen LogP contribution in [0.15, 0.2) is 0 Å². The van der Waals surface area contributed by atoms with Crippen LogP contribution in [0.1, 0.15) is 297 Å². The highest BCUT2D eigenvalue weighted by Crippen LogP contribution is 2.32. The monoisotopic (exact) mass is 937 g/mol. The van der Waals surface area contributed by atoms with E-state index in [0.717, 1.165) is 109 Å². The molecule has 10 heteroatoms. The summed E-state index contributed by atoms with van der Waals surface area (Å²) in [6, 6.07) is 0. The second-order valence-electron chi connectivity index (χ2n) is 19.5. The largest absolute Gasteiger partial charge is 0.481 e. The van der Waals surface area contributed by atoms with E-state index in [9.17, 15) is 34.2 Å². The molecular weight excluding hydrogens is 833 g/mol. The number of carboxylic acids is 2. The first-order valence-corrected chi connectivity index (χ1v) is 28.1. The van der Waals surface area contributed by atoms with Gasteiger partial charge in [-0.1, -0.05) is 214 Å². The van der Waals surface area contributed by atoms with Gasteiger partial charge < -0.3 is 24.4 Å². The molecule has 0 aromatic carbocycles. The van der Waals surface area contributed by atoms with Gasteiger partial charge in [0.05, 0.1) is 6.61 Å². The topological polar surface area (TPSA) is 154 Å². The van der Waals surface area contributed by atoms with Crippen molar-refractivity contribution in [3.63, 3.8) is 0 Å². The highest BCUT2D eigenvalue weighted by molar-refractivity contribution is 5.70. The summed E-state index contributed by atoms with van der Waals surface area (Å²) in [4.78, 5) is 59.5. The summed E-state index contributed by atoms with van der Waals surface area (Å²) in [5, 5.41) is 18.7. The van der Waals surface area contributed by atoms with Crippen molar-refractivity contribution in [3.05, 3.63) is 0 Å². The maximum Gasteiger partial charge on any atom is 0.305 e. The second kappa shape index (κ2) is 47.4. The van der Waals surface area contributed by atoms with Gasteiger partial charge in [-0.05, 0) is 63.2 Å². The molecule has 0 saturated heterocycles. The molecule has 0 amide bonds. The van der Waals surface area contributed by atoms with Crippen LogP contribution in [0.4, 0.5) is 0 Å². The van der Waals surface area contributed by atoms with E-state index in [1.54, 1.807) is 13.8 Å². The molecule has 0 aliphatic rings. The molecule has 0 aromatic heterocycles. The SMILES string of the molecule is CCCCCCCCC(CCC(=O)O)C(CCCCCCCCCCCCOC(=O)CCCCCCCCCCCC(OC(=O)CC)C(CCCCCCCC)OC(=O)CC)CCC(=O)O. The van der Waals surface area contributed by atoms with Crippen LogP contribution in [0, 0.1) is 11.8 Å².